The minimum Gasteiger partial charge on any atom is -0.331 e. The zero-order valence-corrected chi connectivity index (χ0v) is 8.55. The molecule has 3 rings (SSSR count). The van der Waals surface area contributed by atoms with Crippen LogP contribution in [0.15, 0.2) is 18.2 Å². The highest BCUT2D eigenvalue weighted by Gasteiger charge is 2.38. The minimum atomic E-state index is -0.465. The number of carbonyl (C=O) groups excluding carboxylic acids is 1. The van der Waals surface area contributed by atoms with Crippen LogP contribution in [-0.4, -0.2) is 21.8 Å². The molecule has 16 heavy (non-hydrogen) atoms. The molecule has 0 radical (unpaired) electrons. The Morgan fingerprint density at radius 2 is 2.12 bits per heavy atom. The summed E-state index contributed by atoms with van der Waals surface area (Å²) in [6, 6.07) is 4.90. The van der Waals surface area contributed by atoms with E-state index in [0.29, 0.717) is 18.2 Å². The third-order valence-corrected chi connectivity index (χ3v) is 3.12. The highest BCUT2D eigenvalue weighted by molar-refractivity contribution is 5.99. The first-order chi connectivity index (χ1) is 7.66. The number of amides is 1. The molecule has 0 N–H and O–H groups in total. The van der Waals surface area contributed by atoms with Gasteiger partial charge in [-0.1, -0.05) is 0 Å². The monoisotopic (exact) mass is 218 g/mol. The van der Waals surface area contributed by atoms with E-state index in [-0.39, 0.29) is 11.6 Å². The zero-order valence-electron chi connectivity index (χ0n) is 8.55. The van der Waals surface area contributed by atoms with E-state index in [1.54, 1.807) is 6.07 Å². The molecule has 1 aromatic rings. The van der Waals surface area contributed by atoms with Crippen LogP contribution in [0.4, 0.5) is 5.69 Å². The van der Waals surface area contributed by atoms with Crippen LogP contribution in [0.2, 0.25) is 0 Å². The molecule has 1 amide bonds. The molecule has 0 atom stereocenters. The number of fused-ring (bicyclic) bond motifs is 1. The number of rotatable bonds is 2. The highest BCUT2D eigenvalue weighted by atomic mass is 16.6. The van der Waals surface area contributed by atoms with Crippen molar-refractivity contribution < 1.29 is 9.72 Å². The smallest absolute Gasteiger partial charge is 0.270 e. The van der Waals surface area contributed by atoms with E-state index < -0.39 is 4.92 Å². The van der Waals surface area contributed by atoms with Gasteiger partial charge in [0.25, 0.3) is 11.6 Å². The van der Waals surface area contributed by atoms with E-state index in [0.717, 1.165) is 18.4 Å². The summed E-state index contributed by atoms with van der Waals surface area (Å²) < 4.78 is 0. The van der Waals surface area contributed by atoms with Crippen LogP contribution in [0, 0.1) is 10.1 Å². The van der Waals surface area contributed by atoms with Crippen LogP contribution in [-0.2, 0) is 6.54 Å². The van der Waals surface area contributed by atoms with Gasteiger partial charge in [0.15, 0.2) is 0 Å². The Balaban J connectivity index is 1.99. The van der Waals surface area contributed by atoms with Crippen molar-refractivity contribution >= 4 is 11.6 Å². The van der Waals surface area contributed by atoms with Crippen LogP contribution < -0.4 is 0 Å². The SMILES string of the molecule is O=C1c2cc([N+](=O)[O-])ccc2CN1C1CC1. The Labute approximate surface area is 91.8 Å². The lowest BCUT2D eigenvalue weighted by Gasteiger charge is -2.13. The minimum absolute atomic E-state index is 0.00949. The van der Waals surface area contributed by atoms with Gasteiger partial charge in [0, 0.05) is 24.7 Å². The van der Waals surface area contributed by atoms with E-state index in [9.17, 15) is 14.9 Å². The van der Waals surface area contributed by atoms with Crippen molar-refractivity contribution in [1.29, 1.82) is 0 Å². The summed E-state index contributed by atoms with van der Waals surface area (Å²) >= 11 is 0. The summed E-state index contributed by atoms with van der Waals surface area (Å²) in [6.07, 6.45) is 2.11. The number of non-ortho nitro benzene ring substituents is 1. The van der Waals surface area contributed by atoms with Crippen molar-refractivity contribution in [2.45, 2.75) is 25.4 Å². The van der Waals surface area contributed by atoms with Crippen LogP contribution in [0.3, 0.4) is 0 Å². The van der Waals surface area contributed by atoms with Crippen molar-refractivity contribution in [2.24, 2.45) is 0 Å². The molecule has 1 aliphatic carbocycles. The van der Waals surface area contributed by atoms with E-state index >= 15 is 0 Å². The van der Waals surface area contributed by atoms with Gasteiger partial charge in [-0.2, -0.15) is 0 Å². The lowest BCUT2D eigenvalue weighted by Crippen LogP contribution is -2.25. The van der Waals surface area contributed by atoms with Crippen molar-refractivity contribution in [3.8, 4) is 0 Å². The molecular formula is C11H10N2O3. The second-order valence-electron chi connectivity index (χ2n) is 4.26. The van der Waals surface area contributed by atoms with Crippen LogP contribution in [0.5, 0.6) is 0 Å². The standard InChI is InChI=1S/C11H10N2O3/c14-11-10-5-9(13(15)16)2-1-7(10)6-12(11)8-3-4-8/h1-2,5,8H,3-4,6H2. The summed E-state index contributed by atoms with van der Waals surface area (Å²) in [5.41, 5.74) is 1.40. The van der Waals surface area contributed by atoms with Crippen LogP contribution >= 0.6 is 0 Å². The number of hydrogen-bond donors (Lipinski definition) is 0. The summed E-state index contributed by atoms with van der Waals surface area (Å²) in [6.45, 7) is 0.608. The molecule has 1 aromatic carbocycles. The summed E-state index contributed by atoms with van der Waals surface area (Å²) in [4.78, 5) is 23.9. The molecule has 1 aliphatic heterocycles. The molecule has 5 nitrogen and oxygen atoms in total. The number of benzene rings is 1. The molecule has 0 spiro atoms. The predicted molar refractivity (Wildman–Crippen MR) is 56.0 cm³/mol. The third-order valence-electron chi connectivity index (χ3n) is 3.12. The number of hydrogen-bond acceptors (Lipinski definition) is 3. The van der Waals surface area contributed by atoms with Gasteiger partial charge < -0.3 is 4.90 Å². The molecule has 0 saturated heterocycles. The molecule has 0 unspecified atom stereocenters. The van der Waals surface area contributed by atoms with Crippen molar-refractivity contribution in [2.75, 3.05) is 0 Å². The molecule has 1 heterocycles. The fourth-order valence-corrected chi connectivity index (χ4v) is 2.11. The summed E-state index contributed by atoms with van der Waals surface area (Å²) in [5.74, 6) is -0.0544. The average Bonchev–Trinajstić information content (AvgIpc) is 3.04. The van der Waals surface area contributed by atoms with Crippen LogP contribution in [0.25, 0.3) is 0 Å². The first-order valence-corrected chi connectivity index (χ1v) is 5.25. The third kappa shape index (κ3) is 1.28. The number of nitro benzene ring substituents is 1. The Morgan fingerprint density at radius 1 is 1.38 bits per heavy atom. The summed E-state index contributed by atoms with van der Waals surface area (Å²) in [7, 11) is 0. The van der Waals surface area contributed by atoms with Crippen molar-refractivity contribution in [3.63, 3.8) is 0 Å². The zero-order chi connectivity index (χ0) is 11.3. The van der Waals surface area contributed by atoms with Gasteiger partial charge in [-0.15, -0.1) is 0 Å². The maximum atomic E-state index is 12.0. The largest absolute Gasteiger partial charge is 0.331 e. The van der Waals surface area contributed by atoms with Gasteiger partial charge in [-0.25, -0.2) is 0 Å². The first kappa shape index (κ1) is 9.33. The topological polar surface area (TPSA) is 63.4 Å². The summed E-state index contributed by atoms with van der Waals surface area (Å²) in [5, 5.41) is 10.6. The maximum absolute atomic E-state index is 12.0. The van der Waals surface area contributed by atoms with Gasteiger partial charge in [-0.05, 0) is 24.5 Å². The van der Waals surface area contributed by atoms with E-state index in [4.69, 9.17) is 0 Å². The predicted octanol–water partition coefficient (Wildman–Crippen LogP) is 1.71. The number of nitro groups is 1. The Bertz CT molecular complexity index is 494. The van der Waals surface area contributed by atoms with Gasteiger partial charge in [0.05, 0.1) is 10.5 Å². The maximum Gasteiger partial charge on any atom is 0.270 e. The number of carbonyl (C=O) groups is 1. The van der Waals surface area contributed by atoms with Crippen molar-refractivity contribution in [3.05, 3.63) is 39.4 Å². The lowest BCUT2D eigenvalue weighted by molar-refractivity contribution is -0.384. The Hall–Kier alpha value is -1.91. The first-order valence-electron chi connectivity index (χ1n) is 5.25. The average molecular weight is 218 g/mol. The second kappa shape index (κ2) is 3.04. The van der Waals surface area contributed by atoms with Gasteiger partial charge in [0.2, 0.25) is 0 Å². The van der Waals surface area contributed by atoms with E-state index in [1.165, 1.54) is 12.1 Å². The lowest BCUT2D eigenvalue weighted by atomic mass is 10.1. The normalized spacial score (nSPS) is 18.8. The van der Waals surface area contributed by atoms with Gasteiger partial charge >= 0.3 is 0 Å². The molecule has 5 heteroatoms. The second-order valence-corrected chi connectivity index (χ2v) is 4.26. The molecule has 1 saturated carbocycles. The van der Waals surface area contributed by atoms with Crippen LogP contribution in [0.1, 0.15) is 28.8 Å². The molecular weight excluding hydrogens is 208 g/mol. The number of nitrogens with zero attached hydrogens (tertiary/aromatic N) is 2. The molecule has 0 aromatic heterocycles. The molecule has 2 aliphatic rings. The Kier molecular flexibility index (Phi) is 1.77. The quantitative estimate of drug-likeness (QED) is 0.560. The molecule has 0 bridgehead atoms. The van der Waals surface area contributed by atoms with E-state index in [2.05, 4.69) is 0 Å². The molecule has 82 valence electrons. The van der Waals surface area contributed by atoms with Crippen molar-refractivity contribution in [1.82, 2.24) is 4.90 Å². The van der Waals surface area contributed by atoms with E-state index in [1.807, 2.05) is 4.90 Å². The fraction of sp³-hybridized carbons (Fsp3) is 0.364. The Morgan fingerprint density at radius 3 is 2.75 bits per heavy atom. The molecule has 1 fully saturated rings. The van der Waals surface area contributed by atoms with Gasteiger partial charge in [0.1, 0.15) is 0 Å². The van der Waals surface area contributed by atoms with Gasteiger partial charge in [-0.3, -0.25) is 14.9 Å². The highest BCUT2D eigenvalue weighted by Crippen LogP contribution is 2.35. The fourth-order valence-electron chi connectivity index (χ4n) is 2.11.